The van der Waals surface area contributed by atoms with Crippen LogP contribution in [-0.2, 0) is 5.75 Å². The first kappa shape index (κ1) is 20.2. The molecule has 0 aliphatic carbocycles. The van der Waals surface area contributed by atoms with E-state index in [1.54, 1.807) is 0 Å². The van der Waals surface area contributed by atoms with Gasteiger partial charge in [0.05, 0.1) is 6.04 Å². The van der Waals surface area contributed by atoms with Crippen LogP contribution in [0.1, 0.15) is 12.5 Å². The van der Waals surface area contributed by atoms with Gasteiger partial charge in [-0.3, -0.25) is 0 Å². The number of hydrogen-bond acceptors (Lipinski definition) is 3. The smallest absolute Gasteiger partial charge is 0.171 e. The van der Waals surface area contributed by atoms with Crippen LogP contribution in [0.4, 0.5) is 5.69 Å². The summed E-state index contributed by atoms with van der Waals surface area (Å²) in [7, 11) is 0. The number of hydrogen-bond donors (Lipinski definition) is 2. The molecule has 5 heteroatoms. The maximum absolute atomic E-state index is 5.75. The average Bonchev–Trinajstić information content (AvgIpc) is 2.73. The highest BCUT2D eigenvalue weighted by atomic mass is 32.2. The number of anilines is 1. The molecule has 0 aliphatic heterocycles. The second kappa shape index (κ2) is 10.7. The third kappa shape index (κ3) is 6.91. The van der Waals surface area contributed by atoms with E-state index in [4.69, 9.17) is 17.0 Å². The van der Waals surface area contributed by atoms with Gasteiger partial charge < -0.3 is 15.4 Å². The van der Waals surface area contributed by atoms with E-state index in [0.717, 1.165) is 17.2 Å². The second-order valence-corrected chi connectivity index (χ2v) is 7.88. The fourth-order valence-corrected chi connectivity index (χ4v) is 3.73. The number of ether oxygens (including phenoxy) is 1. The quantitative estimate of drug-likeness (QED) is 0.367. The molecule has 1 atom stereocenters. The van der Waals surface area contributed by atoms with Crippen molar-refractivity contribution < 1.29 is 4.74 Å². The summed E-state index contributed by atoms with van der Waals surface area (Å²) in [6, 6.07) is 28.7. The van der Waals surface area contributed by atoms with Gasteiger partial charge in [0.1, 0.15) is 12.4 Å². The molecule has 2 N–H and O–H groups in total. The summed E-state index contributed by atoms with van der Waals surface area (Å²) in [5.74, 6) is 1.81. The lowest BCUT2D eigenvalue weighted by atomic mass is 10.2. The van der Waals surface area contributed by atoms with Gasteiger partial charge in [0.25, 0.3) is 0 Å². The lowest BCUT2D eigenvalue weighted by Crippen LogP contribution is -2.39. The number of thioether (sulfide) groups is 1. The average molecular weight is 409 g/mol. The van der Waals surface area contributed by atoms with Crippen molar-refractivity contribution in [3.05, 3.63) is 90.5 Å². The Morgan fingerprint density at radius 1 is 0.929 bits per heavy atom. The molecular formula is C23H24N2OS2. The highest BCUT2D eigenvalue weighted by Gasteiger charge is 2.06. The van der Waals surface area contributed by atoms with E-state index in [1.807, 2.05) is 55.1 Å². The van der Waals surface area contributed by atoms with E-state index in [9.17, 15) is 0 Å². The molecule has 0 saturated carbocycles. The van der Waals surface area contributed by atoms with Crippen LogP contribution < -0.4 is 15.4 Å². The molecule has 0 aromatic heterocycles. The molecule has 0 fully saturated rings. The summed E-state index contributed by atoms with van der Waals surface area (Å²) in [6.07, 6.45) is 0. The highest BCUT2D eigenvalue weighted by molar-refractivity contribution is 7.98. The molecule has 3 aromatic rings. The third-order valence-corrected chi connectivity index (χ3v) is 5.28. The van der Waals surface area contributed by atoms with Crippen LogP contribution in [0.5, 0.6) is 5.75 Å². The fourth-order valence-electron chi connectivity index (χ4n) is 2.54. The van der Waals surface area contributed by atoms with Gasteiger partial charge in [0.2, 0.25) is 0 Å². The van der Waals surface area contributed by atoms with E-state index < -0.39 is 0 Å². The zero-order valence-corrected chi connectivity index (χ0v) is 17.4. The number of benzene rings is 3. The van der Waals surface area contributed by atoms with E-state index in [-0.39, 0.29) is 6.04 Å². The molecule has 3 aromatic carbocycles. The minimum absolute atomic E-state index is 0.0988. The summed E-state index contributed by atoms with van der Waals surface area (Å²) < 4.78 is 5.75. The topological polar surface area (TPSA) is 33.3 Å². The molecule has 0 spiro atoms. The number of nitrogens with one attached hydrogen (secondary N) is 2. The normalized spacial score (nSPS) is 11.5. The second-order valence-electron chi connectivity index (χ2n) is 6.42. The van der Waals surface area contributed by atoms with Crippen LogP contribution in [0.25, 0.3) is 0 Å². The first-order valence-corrected chi connectivity index (χ1v) is 10.6. The Hall–Kier alpha value is -2.50. The maximum atomic E-state index is 5.75. The van der Waals surface area contributed by atoms with Crippen LogP contribution in [-0.4, -0.2) is 17.8 Å². The Kier molecular flexibility index (Phi) is 7.76. The van der Waals surface area contributed by atoms with Gasteiger partial charge in [-0.1, -0.05) is 48.5 Å². The van der Waals surface area contributed by atoms with Crippen LogP contribution in [0.2, 0.25) is 0 Å². The van der Waals surface area contributed by atoms with Crippen molar-refractivity contribution in [2.24, 2.45) is 0 Å². The van der Waals surface area contributed by atoms with Gasteiger partial charge >= 0.3 is 0 Å². The molecule has 0 bridgehead atoms. The standard InChI is InChI=1S/C23H24N2OS2/c1-18(16-26-21-8-4-2-5-9-21)24-23(27)25-20-14-12-19(13-15-20)17-28-22-10-6-3-7-11-22/h2-15,18H,16-17H2,1H3,(H2,24,25,27)/t18-/m0/s1. The fraction of sp³-hybridized carbons (Fsp3) is 0.174. The molecule has 28 heavy (non-hydrogen) atoms. The van der Waals surface area contributed by atoms with E-state index in [1.165, 1.54) is 10.5 Å². The molecule has 0 saturated heterocycles. The lowest BCUT2D eigenvalue weighted by Gasteiger charge is -2.17. The Morgan fingerprint density at radius 3 is 2.25 bits per heavy atom. The molecule has 0 heterocycles. The Balaban J connectivity index is 1.41. The molecule has 144 valence electrons. The molecule has 0 aliphatic rings. The molecule has 3 nitrogen and oxygen atoms in total. The van der Waals surface area contributed by atoms with Crippen molar-refractivity contribution in [2.75, 3.05) is 11.9 Å². The highest BCUT2D eigenvalue weighted by Crippen LogP contribution is 2.23. The van der Waals surface area contributed by atoms with E-state index >= 15 is 0 Å². The van der Waals surface area contributed by atoms with E-state index in [2.05, 4.69) is 59.2 Å². The van der Waals surface area contributed by atoms with Gasteiger partial charge in [0, 0.05) is 16.3 Å². The first-order chi connectivity index (χ1) is 13.7. The number of thiocarbonyl (C=S) groups is 1. The monoisotopic (exact) mass is 408 g/mol. The van der Waals surface area contributed by atoms with Crippen molar-refractivity contribution in [3.63, 3.8) is 0 Å². The Labute approximate surface area is 176 Å². The summed E-state index contributed by atoms with van der Waals surface area (Å²) in [5, 5.41) is 7.07. The van der Waals surface area contributed by atoms with Crippen LogP contribution in [0.3, 0.4) is 0 Å². The Bertz CT molecular complexity index is 855. The number of para-hydroxylation sites is 1. The van der Waals surface area contributed by atoms with Gasteiger partial charge in [-0.15, -0.1) is 11.8 Å². The van der Waals surface area contributed by atoms with Crippen LogP contribution >= 0.6 is 24.0 Å². The minimum atomic E-state index is 0.0988. The largest absolute Gasteiger partial charge is 0.491 e. The van der Waals surface area contributed by atoms with Crippen molar-refractivity contribution in [1.82, 2.24) is 5.32 Å². The molecule has 3 rings (SSSR count). The lowest BCUT2D eigenvalue weighted by molar-refractivity contribution is 0.287. The maximum Gasteiger partial charge on any atom is 0.171 e. The van der Waals surface area contributed by atoms with Crippen molar-refractivity contribution >= 4 is 34.8 Å². The number of rotatable bonds is 8. The summed E-state index contributed by atoms with van der Waals surface area (Å²) in [6.45, 7) is 2.59. The van der Waals surface area contributed by atoms with Crippen molar-refractivity contribution in [3.8, 4) is 5.75 Å². The molecular weight excluding hydrogens is 384 g/mol. The van der Waals surface area contributed by atoms with Gasteiger partial charge in [-0.2, -0.15) is 0 Å². The summed E-state index contributed by atoms with van der Waals surface area (Å²) in [4.78, 5) is 1.28. The predicted molar refractivity (Wildman–Crippen MR) is 123 cm³/mol. The van der Waals surface area contributed by atoms with Gasteiger partial charge in [-0.25, -0.2) is 0 Å². The molecule has 0 amide bonds. The SMILES string of the molecule is C[C@@H](COc1ccccc1)NC(=S)Nc1ccc(CSc2ccccc2)cc1. The van der Waals surface area contributed by atoms with Crippen LogP contribution in [0, 0.1) is 0 Å². The Morgan fingerprint density at radius 2 is 1.57 bits per heavy atom. The summed E-state index contributed by atoms with van der Waals surface area (Å²) in [5.41, 5.74) is 2.25. The minimum Gasteiger partial charge on any atom is -0.491 e. The zero-order valence-electron chi connectivity index (χ0n) is 15.8. The van der Waals surface area contributed by atoms with Crippen molar-refractivity contribution in [1.29, 1.82) is 0 Å². The third-order valence-electron chi connectivity index (χ3n) is 3.98. The summed E-state index contributed by atoms with van der Waals surface area (Å²) >= 11 is 7.24. The zero-order chi connectivity index (χ0) is 19.6. The van der Waals surface area contributed by atoms with Crippen LogP contribution in [0.15, 0.2) is 89.8 Å². The van der Waals surface area contributed by atoms with Gasteiger partial charge in [-0.05, 0) is 61.1 Å². The van der Waals surface area contributed by atoms with Gasteiger partial charge in [0.15, 0.2) is 5.11 Å². The van der Waals surface area contributed by atoms with E-state index in [0.29, 0.717) is 11.7 Å². The molecule has 0 unspecified atom stereocenters. The van der Waals surface area contributed by atoms with Crippen molar-refractivity contribution in [2.45, 2.75) is 23.6 Å². The first-order valence-electron chi connectivity index (χ1n) is 9.21. The predicted octanol–water partition coefficient (Wildman–Crippen LogP) is 5.73. The molecule has 0 radical (unpaired) electrons.